The second-order valence-corrected chi connectivity index (χ2v) is 9.54. The normalized spacial score (nSPS) is 19.9. The van der Waals surface area contributed by atoms with Crippen molar-refractivity contribution in [1.29, 1.82) is 0 Å². The number of likely N-dealkylation sites (tertiary alicyclic amines) is 2. The van der Waals surface area contributed by atoms with Crippen molar-refractivity contribution in [3.63, 3.8) is 0 Å². The third kappa shape index (κ3) is 6.20. The van der Waals surface area contributed by atoms with Crippen LogP contribution < -0.4 is 5.32 Å². The zero-order chi connectivity index (χ0) is 23.2. The molecule has 2 aromatic carbocycles. The lowest BCUT2D eigenvalue weighted by Crippen LogP contribution is -2.45. The number of amides is 2. The highest BCUT2D eigenvalue weighted by atomic mass is 19.1. The van der Waals surface area contributed by atoms with Crippen molar-refractivity contribution >= 4 is 11.8 Å². The number of nitrogens with one attached hydrogen (secondary N) is 1. The van der Waals surface area contributed by atoms with E-state index in [0.717, 1.165) is 44.0 Å². The van der Waals surface area contributed by atoms with Gasteiger partial charge in [-0.15, -0.1) is 0 Å². The Labute approximate surface area is 196 Å². The van der Waals surface area contributed by atoms with Crippen LogP contribution in [0.4, 0.5) is 4.39 Å². The van der Waals surface area contributed by atoms with Gasteiger partial charge in [-0.2, -0.15) is 0 Å². The molecule has 4 rings (SSSR count). The Hall–Kier alpha value is -2.73. The van der Waals surface area contributed by atoms with Crippen molar-refractivity contribution in [2.45, 2.75) is 45.7 Å². The number of carbonyl (C=O) groups is 2. The predicted octanol–water partition coefficient (Wildman–Crippen LogP) is 4.23. The molecule has 2 amide bonds. The third-order valence-electron chi connectivity index (χ3n) is 7.01. The van der Waals surface area contributed by atoms with Gasteiger partial charge < -0.3 is 10.2 Å². The molecule has 1 unspecified atom stereocenters. The summed E-state index contributed by atoms with van der Waals surface area (Å²) in [6.07, 6.45) is 4.04. The quantitative estimate of drug-likeness (QED) is 0.715. The fourth-order valence-electron chi connectivity index (χ4n) is 4.82. The number of piperidine rings is 2. The molecule has 6 heteroatoms. The van der Waals surface area contributed by atoms with Gasteiger partial charge in [0.25, 0.3) is 5.91 Å². The minimum absolute atomic E-state index is 0.00629. The number of carbonyl (C=O) groups excluding carboxylic acids is 2. The lowest BCUT2D eigenvalue weighted by molar-refractivity contribution is -0.126. The van der Waals surface area contributed by atoms with Gasteiger partial charge in [0.2, 0.25) is 5.91 Å². The predicted molar refractivity (Wildman–Crippen MR) is 127 cm³/mol. The van der Waals surface area contributed by atoms with Gasteiger partial charge in [0.1, 0.15) is 5.82 Å². The first-order valence-corrected chi connectivity index (χ1v) is 12.1. The van der Waals surface area contributed by atoms with Crippen molar-refractivity contribution in [3.8, 4) is 0 Å². The maximum absolute atomic E-state index is 13.2. The van der Waals surface area contributed by atoms with Crippen molar-refractivity contribution in [1.82, 2.24) is 15.1 Å². The molecule has 2 aliphatic heterocycles. The van der Waals surface area contributed by atoms with Crippen LogP contribution in [0.1, 0.15) is 54.1 Å². The molecule has 2 saturated heterocycles. The van der Waals surface area contributed by atoms with E-state index in [1.807, 2.05) is 6.07 Å². The highest BCUT2D eigenvalue weighted by molar-refractivity contribution is 5.94. The van der Waals surface area contributed by atoms with Crippen LogP contribution in [0.25, 0.3) is 0 Å². The fraction of sp³-hybridized carbons (Fsp3) is 0.481. The molecule has 2 aromatic rings. The molecule has 1 N–H and O–H groups in total. The highest BCUT2D eigenvalue weighted by Gasteiger charge is 2.29. The van der Waals surface area contributed by atoms with Gasteiger partial charge in [-0.05, 0) is 80.1 Å². The van der Waals surface area contributed by atoms with Crippen LogP contribution in [-0.4, -0.2) is 47.8 Å². The van der Waals surface area contributed by atoms with Crippen molar-refractivity contribution < 1.29 is 14.0 Å². The number of hydrogen-bond acceptors (Lipinski definition) is 3. The first-order valence-electron chi connectivity index (χ1n) is 12.1. The van der Waals surface area contributed by atoms with Gasteiger partial charge in [-0.3, -0.25) is 14.5 Å². The summed E-state index contributed by atoms with van der Waals surface area (Å²) in [5.41, 5.74) is 2.88. The fourth-order valence-corrected chi connectivity index (χ4v) is 4.82. The Kier molecular flexibility index (Phi) is 7.76. The van der Waals surface area contributed by atoms with E-state index in [9.17, 15) is 14.0 Å². The molecule has 33 heavy (non-hydrogen) atoms. The number of nitrogens with zero attached hydrogens (tertiary/aromatic N) is 2. The number of benzene rings is 2. The summed E-state index contributed by atoms with van der Waals surface area (Å²) in [6.45, 7) is 7.01. The molecule has 0 saturated carbocycles. The first kappa shape index (κ1) is 23.4. The molecule has 1 atom stereocenters. The minimum atomic E-state index is -0.363. The van der Waals surface area contributed by atoms with E-state index >= 15 is 0 Å². The van der Waals surface area contributed by atoms with E-state index in [0.29, 0.717) is 25.2 Å². The largest absolute Gasteiger partial charge is 0.352 e. The number of hydrogen-bond donors (Lipinski definition) is 1. The van der Waals surface area contributed by atoms with E-state index in [-0.39, 0.29) is 23.5 Å². The zero-order valence-corrected chi connectivity index (χ0v) is 19.4. The zero-order valence-electron chi connectivity index (χ0n) is 19.4. The highest BCUT2D eigenvalue weighted by Crippen LogP contribution is 2.21. The van der Waals surface area contributed by atoms with E-state index in [2.05, 4.69) is 35.3 Å². The van der Waals surface area contributed by atoms with Crippen molar-refractivity contribution in [2.75, 3.05) is 26.2 Å². The maximum Gasteiger partial charge on any atom is 0.253 e. The summed E-state index contributed by atoms with van der Waals surface area (Å²) < 4.78 is 13.2. The van der Waals surface area contributed by atoms with Crippen LogP contribution in [0.3, 0.4) is 0 Å². The molecule has 0 aliphatic carbocycles. The lowest BCUT2D eigenvalue weighted by Gasteiger charge is -2.32. The summed E-state index contributed by atoms with van der Waals surface area (Å²) in [5, 5.41) is 3.12. The van der Waals surface area contributed by atoms with Crippen LogP contribution in [0, 0.1) is 17.7 Å². The Morgan fingerprint density at radius 1 is 0.970 bits per heavy atom. The second kappa shape index (κ2) is 10.9. The molecular weight excluding hydrogens is 417 g/mol. The topological polar surface area (TPSA) is 52.7 Å². The molecule has 2 aliphatic rings. The molecule has 2 heterocycles. The van der Waals surface area contributed by atoms with Crippen molar-refractivity contribution in [3.05, 3.63) is 71.0 Å². The van der Waals surface area contributed by atoms with Crippen LogP contribution in [0.15, 0.2) is 48.5 Å². The number of halogens is 1. The van der Waals surface area contributed by atoms with Gasteiger partial charge in [0.05, 0.1) is 5.92 Å². The molecule has 2 fully saturated rings. The second-order valence-electron chi connectivity index (χ2n) is 9.54. The molecule has 0 radical (unpaired) electrons. The molecular formula is C27H34FN3O2. The minimum Gasteiger partial charge on any atom is -0.352 e. The summed E-state index contributed by atoms with van der Waals surface area (Å²) in [7, 11) is 0. The van der Waals surface area contributed by atoms with E-state index in [1.165, 1.54) is 42.7 Å². The molecule has 176 valence electrons. The first-order chi connectivity index (χ1) is 16.0. The molecule has 5 nitrogen and oxygen atoms in total. The molecule has 0 bridgehead atoms. The van der Waals surface area contributed by atoms with E-state index in [4.69, 9.17) is 0 Å². The van der Waals surface area contributed by atoms with Crippen LogP contribution >= 0.6 is 0 Å². The SMILES string of the molecule is CC1CCN(Cc2ccccc2CNC(=O)C2CCCN(C(=O)c3ccc(F)cc3)C2)CC1. The van der Waals surface area contributed by atoms with E-state index in [1.54, 1.807) is 4.90 Å². The van der Waals surface area contributed by atoms with Crippen LogP contribution in [0.2, 0.25) is 0 Å². The molecule has 0 spiro atoms. The van der Waals surface area contributed by atoms with Gasteiger partial charge in [0, 0.05) is 31.7 Å². The van der Waals surface area contributed by atoms with Crippen LogP contribution in [-0.2, 0) is 17.9 Å². The molecule has 0 aromatic heterocycles. The van der Waals surface area contributed by atoms with Gasteiger partial charge in [-0.1, -0.05) is 31.2 Å². The average Bonchev–Trinajstić information content (AvgIpc) is 2.85. The monoisotopic (exact) mass is 451 g/mol. The Balaban J connectivity index is 1.32. The lowest BCUT2D eigenvalue weighted by atomic mass is 9.96. The van der Waals surface area contributed by atoms with Crippen LogP contribution in [0.5, 0.6) is 0 Å². The maximum atomic E-state index is 13.2. The summed E-state index contributed by atoms with van der Waals surface area (Å²) in [6, 6.07) is 13.9. The van der Waals surface area contributed by atoms with Gasteiger partial charge >= 0.3 is 0 Å². The van der Waals surface area contributed by atoms with Gasteiger partial charge in [-0.25, -0.2) is 4.39 Å². The van der Waals surface area contributed by atoms with Crippen molar-refractivity contribution in [2.24, 2.45) is 11.8 Å². The average molecular weight is 452 g/mol. The number of rotatable bonds is 6. The standard InChI is InChI=1S/C27H34FN3O2/c1-20-12-15-30(16-13-20)18-23-6-3-2-5-22(23)17-29-26(32)24-7-4-14-31(19-24)27(33)21-8-10-25(28)11-9-21/h2-3,5-6,8-11,20,24H,4,7,12-19H2,1H3,(H,29,32). The summed E-state index contributed by atoms with van der Waals surface area (Å²) >= 11 is 0. The van der Waals surface area contributed by atoms with E-state index < -0.39 is 0 Å². The third-order valence-corrected chi connectivity index (χ3v) is 7.01. The summed E-state index contributed by atoms with van der Waals surface area (Å²) in [5.74, 6) is 0.0687. The Morgan fingerprint density at radius 2 is 1.67 bits per heavy atom. The Morgan fingerprint density at radius 3 is 2.39 bits per heavy atom. The smallest absolute Gasteiger partial charge is 0.253 e. The summed E-state index contributed by atoms with van der Waals surface area (Å²) in [4.78, 5) is 29.9. The Bertz CT molecular complexity index is 954. The van der Waals surface area contributed by atoms with Gasteiger partial charge in [0.15, 0.2) is 0 Å².